The van der Waals surface area contributed by atoms with E-state index in [2.05, 4.69) is 24.8 Å². The maximum atomic E-state index is 9.34. The van der Waals surface area contributed by atoms with Gasteiger partial charge in [0.1, 0.15) is 0 Å². The Bertz CT molecular complexity index is 173. The molecule has 3 nitrogen and oxygen atoms in total. The summed E-state index contributed by atoms with van der Waals surface area (Å²) in [4.78, 5) is 2.12. The van der Waals surface area contributed by atoms with E-state index in [9.17, 15) is 5.11 Å². The van der Waals surface area contributed by atoms with Gasteiger partial charge in [0.05, 0.1) is 18.1 Å². The zero-order valence-electron chi connectivity index (χ0n) is 6.99. The van der Waals surface area contributed by atoms with Gasteiger partial charge < -0.3 is 5.11 Å². The molecule has 0 aromatic heterocycles. The first-order valence-electron chi connectivity index (χ1n) is 3.97. The number of nitriles is 1. The molecule has 0 bridgehead atoms. The van der Waals surface area contributed by atoms with Gasteiger partial charge in [-0.3, -0.25) is 4.90 Å². The molecule has 1 saturated heterocycles. The molecule has 0 aromatic carbocycles. The van der Waals surface area contributed by atoms with Crippen LogP contribution in [0.3, 0.4) is 0 Å². The van der Waals surface area contributed by atoms with Crippen molar-refractivity contribution < 1.29 is 5.11 Å². The van der Waals surface area contributed by atoms with Gasteiger partial charge in [0.15, 0.2) is 0 Å². The fourth-order valence-corrected chi connectivity index (χ4v) is 1.36. The van der Waals surface area contributed by atoms with Crippen molar-refractivity contribution in [2.45, 2.75) is 26.0 Å². The maximum absolute atomic E-state index is 9.34. The summed E-state index contributed by atoms with van der Waals surface area (Å²) in [7, 11) is 0. The molecule has 1 fully saturated rings. The van der Waals surface area contributed by atoms with E-state index in [4.69, 9.17) is 5.26 Å². The molecule has 0 aromatic rings. The summed E-state index contributed by atoms with van der Waals surface area (Å²) in [6.07, 6.45) is -0.442. The lowest BCUT2D eigenvalue weighted by atomic mass is 10.1. The van der Waals surface area contributed by atoms with E-state index < -0.39 is 6.10 Å². The quantitative estimate of drug-likeness (QED) is 0.587. The van der Waals surface area contributed by atoms with Crippen LogP contribution in [0.15, 0.2) is 0 Å². The number of hydrogen-bond acceptors (Lipinski definition) is 3. The van der Waals surface area contributed by atoms with Crippen molar-refractivity contribution >= 4 is 0 Å². The fraction of sp³-hybridized carbons (Fsp3) is 0.875. The summed E-state index contributed by atoms with van der Waals surface area (Å²) < 4.78 is 0. The summed E-state index contributed by atoms with van der Waals surface area (Å²) in [5.74, 6) is -0.183. The normalized spacial score (nSPS) is 32.6. The van der Waals surface area contributed by atoms with Gasteiger partial charge in [0.2, 0.25) is 0 Å². The maximum Gasteiger partial charge on any atom is 0.0862 e. The second-order valence-corrected chi connectivity index (χ2v) is 3.35. The van der Waals surface area contributed by atoms with Crippen LogP contribution in [0.25, 0.3) is 0 Å². The van der Waals surface area contributed by atoms with Crippen molar-refractivity contribution in [1.29, 1.82) is 5.26 Å². The standard InChI is InChI=1S/C8H14N2O/c1-6(2)10-4-7(3-9)8(11)5-10/h6-8,11H,4-5H2,1-2H3/t7-,8+/m1/s1. The van der Waals surface area contributed by atoms with Crippen LogP contribution >= 0.6 is 0 Å². The predicted octanol–water partition coefficient (Wildman–Crippen LogP) is 0.211. The Morgan fingerprint density at radius 2 is 2.18 bits per heavy atom. The SMILES string of the molecule is CC(C)N1C[C@@H](C#N)[C@@H](O)C1. The molecule has 11 heavy (non-hydrogen) atoms. The first-order chi connectivity index (χ1) is 5.15. The minimum Gasteiger partial charge on any atom is -0.390 e. The highest BCUT2D eigenvalue weighted by Crippen LogP contribution is 2.17. The molecule has 0 amide bonds. The summed E-state index contributed by atoms with van der Waals surface area (Å²) >= 11 is 0. The van der Waals surface area contributed by atoms with Crippen LogP contribution in [0.5, 0.6) is 0 Å². The topological polar surface area (TPSA) is 47.3 Å². The van der Waals surface area contributed by atoms with Crippen molar-refractivity contribution in [3.63, 3.8) is 0 Å². The minimum atomic E-state index is -0.442. The van der Waals surface area contributed by atoms with E-state index >= 15 is 0 Å². The summed E-state index contributed by atoms with van der Waals surface area (Å²) in [5.41, 5.74) is 0. The first kappa shape index (κ1) is 8.51. The van der Waals surface area contributed by atoms with Crippen LogP contribution in [-0.2, 0) is 0 Å². The molecule has 2 atom stereocenters. The minimum absolute atomic E-state index is 0.183. The number of nitrogens with zero attached hydrogens (tertiary/aromatic N) is 2. The van der Waals surface area contributed by atoms with Crippen LogP contribution in [0, 0.1) is 17.2 Å². The number of likely N-dealkylation sites (tertiary alicyclic amines) is 1. The second-order valence-electron chi connectivity index (χ2n) is 3.35. The van der Waals surface area contributed by atoms with Crippen LogP contribution < -0.4 is 0 Å². The van der Waals surface area contributed by atoms with Crippen molar-refractivity contribution in [3.8, 4) is 6.07 Å². The molecular weight excluding hydrogens is 140 g/mol. The molecule has 1 N–H and O–H groups in total. The van der Waals surface area contributed by atoms with E-state index in [1.54, 1.807) is 0 Å². The average molecular weight is 154 g/mol. The third-order valence-corrected chi connectivity index (χ3v) is 2.21. The highest BCUT2D eigenvalue weighted by Gasteiger charge is 2.32. The number of rotatable bonds is 1. The van der Waals surface area contributed by atoms with Crippen molar-refractivity contribution in [2.75, 3.05) is 13.1 Å². The Balaban J connectivity index is 2.51. The molecule has 3 heteroatoms. The Morgan fingerprint density at radius 3 is 2.45 bits per heavy atom. The smallest absolute Gasteiger partial charge is 0.0862 e. The molecule has 1 aliphatic heterocycles. The molecular formula is C8H14N2O. The monoisotopic (exact) mass is 154 g/mol. The van der Waals surface area contributed by atoms with Crippen LogP contribution in [0.4, 0.5) is 0 Å². The largest absolute Gasteiger partial charge is 0.390 e. The van der Waals surface area contributed by atoms with E-state index in [1.807, 2.05) is 0 Å². The number of aliphatic hydroxyl groups is 1. The van der Waals surface area contributed by atoms with Gasteiger partial charge in [-0.25, -0.2) is 0 Å². The van der Waals surface area contributed by atoms with Gasteiger partial charge in [0.25, 0.3) is 0 Å². The Kier molecular flexibility index (Phi) is 2.48. The molecule has 0 radical (unpaired) electrons. The van der Waals surface area contributed by atoms with E-state index in [1.165, 1.54) is 0 Å². The van der Waals surface area contributed by atoms with Gasteiger partial charge in [-0.2, -0.15) is 5.26 Å². The van der Waals surface area contributed by atoms with Gasteiger partial charge in [-0.1, -0.05) is 0 Å². The van der Waals surface area contributed by atoms with Crippen molar-refractivity contribution in [2.24, 2.45) is 5.92 Å². The summed E-state index contributed by atoms with van der Waals surface area (Å²) in [5, 5.41) is 17.9. The zero-order chi connectivity index (χ0) is 8.43. The molecule has 0 aliphatic carbocycles. The van der Waals surface area contributed by atoms with Crippen LogP contribution in [0.2, 0.25) is 0 Å². The van der Waals surface area contributed by atoms with Crippen molar-refractivity contribution in [3.05, 3.63) is 0 Å². The number of hydrogen-bond donors (Lipinski definition) is 1. The predicted molar refractivity (Wildman–Crippen MR) is 41.8 cm³/mol. The first-order valence-corrected chi connectivity index (χ1v) is 3.97. The van der Waals surface area contributed by atoms with E-state index in [0.717, 1.165) is 6.54 Å². The van der Waals surface area contributed by atoms with Gasteiger partial charge in [-0.05, 0) is 13.8 Å². The fourth-order valence-electron chi connectivity index (χ4n) is 1.36. The van der Waals surface area contributed by atoms with Crippen molar-refractivity contribution in [1.82, 2.24) is 4.90 Å². The molecule has 0 spiro atoms. The average Bonchev–Trinajstić information content (AvgIpc) is 2.31. The third-order valence-electron chi connectivity index (χ3n) is 2.21. The number of β-amino-alcohol motifs (C(OH)–C–C–N with tert-alkyl or cyclic N) is 1. The second kappa shape index (κ2) is 3.21. The van der Waals surface area contributed by atoms with Crippen LogP contribution in [0.1, 0.15) is 13.8 Å². The summed E-state index contributed by atoms with van der Waals surface area (Å²) in [6, 6.07) is 2.54. The lowest BCUT2D eigenvalue weighted by Crippen LogP contribution is -2.29. The Morgan fingerprint density at radius 1 is 1.55 bits per heavy atom. The van der Waals surface area contributed by atoms with E-state index in [0.29, 0.717) is 12.6 Å². The third kappa shape index (κ3) is 1.70. The Hall–Kier alpha value is -0.590. The van der Waals surface area contributed by atoms with E-state index in [-0.39, 0.29) is 5.92 Å². The van der Waals surface area contributed by atoms with Gasteiger partial charge in [0, 0.05) is 19.1 Å². The molecule has 1 heterocycles. The highest BCUT2D eigenvalue weighted by molar-refractivity contribution is 4.97. The zero-order valence-corrected chi connectivity index (χ0v) is 6.99. The highest BCUT2D eigenvalue weighted by atomic mass is 16.3. The molecule has 0 saturated carbocycles. The van der Waals surface area contributed by atoms with Gasteiger partial charge in [-0.15, -0.1) is 0 Å². The lowest BCUT2D eigenvalue weighted by Gasteiger charge is -2.18. The Labute approximate surface area is 67.2 Å². The molecule has 0 unspecified atom stereocenters. The molecule has 1 rings (SSSR count). The number of aliphatic hydroxyl groups excluding tert-OH is 1. The summed E-state index contributed by atoms with van der Waals surface area (Å²) in [6.45, 7) is 5.52. The van der Waals surface area contributed by atoms with Gasteiger partial charge >= 0.3 is 0 Å². The van der Waals surface area contributed by atoms with Crippen LogP contribution in [-0.4, -0.2) is 35.2 Å². The molecule has 1 aliphatic rings. The lowest BCUT2D eigenvalue weighted by molar-refractivity contribution is 0.153. The molecule has 62 valence electrons.